The van der Waals surface area contributed by atoms with Crippen molar-refractivity contribution in [3.63, 3.8) is 0 Å². The fourth-order valence-electron chi connectivity index (χ4n) is 4.90. The highest BCUT2D eigenvalue weighted by atomic mass is 14.6. The summed E-state index contributed by atoms with van der Waals surface area (Å²) in [5, 5.41) is 0. The van der Waals surface area contributed by atoms with Crippen LogP contribution in [0.1, 0.15) is 60.8 Å². The van der Waals surface area contributed by atoms with Crippen LogP contribution in [0.3, 0.4) is 0 Å². The second-order valence-electron chi connectivity index (χ2n) is 9.08. The molecular weight excluding hydrogens is 240 g/mol. The van der Waals surface area contributed by atoms with E-state index in [-0.39, 0.29) is 0 Å². The van der Waals surface area contributed by atoms with Gasteiger partial charge < -0.3 is 0 Å². The Labute approximate surface area is 125 Å². The van der Waals surface area contributed by atoms with Crippen molar-refractivity contribution in [3.05, 3.63) is 23.8 Å². The van der Waals surface area contributed by atoms with Gasteiger partial charge >= 0.3 is 0 Å². The van der Waals surface area contributed by atoms with Gasteiger partial charge in [-0.3, -0.25) is 0 Å². The summed E-state index contributed by atoms with van der Waals surface area (Å²) in [4.78, 5) is 0. The van der Waals surface area contributed by atoms with Crippen LogP contribution in [0.15, 0.2) is 23.8 Å². The summed E-state index contributed by atoms with van der Waals surface area (Å²) in [7, 11) is 0. The van der Waals surface area contributed by atoms with Crippen molar-refractivity contribution in [2.24, 2.45) is 40.4 Å². The molecule has 0 aromatic heterocycles. The molecule has 4 rings (SSSR count). The molecule has 0 radical (unpaired) electrons. The molecule has 4 aliphatic rings. The molecule has 2 fully saturated rings. The van der Waals surface area contributed by atoms with Gasteiger partial charge in [-0.1, -0.05) is 58.4 Å². The summed E-state index contributed by atoms with van der Waals surface area (Å²) in [6.45, 7) is 14.2. The van der Waals surface area contributed by atoms with Crippen molar-refractivity contribution < 1.29 is 0 Å². The van der Waals surface area contributed by atoms with Gasteiger partial charge in [-0.2, -0.15) is 0 Å². The SMILES string of the molecule is CC1=CCC2C(C1)C2(C)C.CC1C=CC2C(C1)C2(C)C. The van der Waals surface area contributed by atoms with Gasteiger partial charge in [0.1, 0.15) is 0 Å². The molecule has 5 atom stereocenters. The van der Waals surface area contributed by atoms with Crippen LogP contribution >= 0.6 is 0 Å². The fraction of sp³-hybridized carbons (Fsp3) is 0.800. The van der Waals surface area contributed by atoms with Crippen LogP contribution in [0.2, 0.25) is 0 Å². The second-order valence-corrected chi connectivity index (χ2v) is 9.08. The smallest absolute Gasteiger partial charge is 0.0145 e. The molecule has 0 heterocycles. The highest BCUT2D eigenvalue weighted by Gasteiger charge is 2.57. The lowest BCUT2D eigenvalue weighted by molar-refractivity contribution is 0.487. The molecule has 0 bridgehead atoms. The van der Waals surface area contributed by atoms with E-state index < -0.39 is 0 Å². The summed E-state index contributed by atoms with van der Waals surface area (Å²) in [6, 6.07) is 0. The van der Waals surface area contributed by atoms with Crippen molar-refractivity contribution in [2.75, 3.05) is 0 Å². The lowest BCUT2D eigenvalue weighted by Gasteiger charge is -2.08. The topological polar surface area (TPSA) is 0 Å². The van der Waals surface area contributed by atoms with E-state index in [2.05, 4.69) is 59.8 Å². The Kier molecular flexibility index (Phi) is 3.23. The van der Waals surface area contributed by atoms with Crippen molar-refractivity contribution in [1.82, 2.24) is 0 Å². The quantitative estimate of drug-likeness (QED) is 0.485. The number of hydrogen-bond acceptors (Lipinski definition) is 0. The lowest BCUT2D eigenvalue weighted by atomic mass is 9.97. The first-order valence-electron chi connectivity index (χ1n) is 8.58. The van der Waals surface area contributed by atoms with Crippen LogP contribution in [0.25, 0.3) is 0 Å². The molecule has 112 valence electrons. The van der Waals surface area contributed by atoms with Gasteiger partial charge in [-0.15, -0.1) is 0 Å². The number of rotatable bonds is 0. The first-order valence-corrected chi connectivity index (χ1v) is 8.58. The zero-order valence-electron chi connectivity index (χ0n) is 14.2. The molecule has 5 unspecified atom stereocenters. The van der Waals surface area contributed by atoms with E-state index in [0.717, 1.165) is 29.6 Å². The Morgan fingerprint density at radius 3 is 2.15 bits per heavy atom. The van der Waals surface area contributed by atoms with Gasteiger partial charge in [-0.25, -0.2) is 0 Å². The fourth-order valence-corrected chi connectivity index (χ4v) is 4.90. The Morgan fingerprint density at radius 1 is 0.950 bits per heavy atom. The van der Waals surface area contributed by atoms with E-state index in [1.165, 1.54) is 19.3 Å². The first kappa shape index (κ1) is 14.4. The first-order chi connectivity index (χ1) is 9.24. The zero-order chi connectivity index (χ0) is 14.7. The standard InChI is InChI=1S/2C10H16/c2*1-7-4-5-8-9(6-7)10(8,2)3/h4,8-9H,5-6H2,1-3H3;4-5,7-9H,6H2,1-3H3. The molecule has 0 saturated heterocycles. The van der Waals surface area contributed by atoms with Crippen LogP contribution < -0.4 is 0 Å². The van der Waals surface area contributed by atoms with Crippen LogP contribution in [-0.4, -0.2) is 0 Å². The summed E-state index contributed by atoms with van der Waals surface area (Å²) in [5.41, 5.74) is 2.93. The average Bonchev–Trinajstić information content (AvgIpc) is 3.12. The third kappa shape index (κ3) is 2.30. The maximum Gasteiger partial charge on any atom is -0.0145 e. The van der Waals surface area contributed by atoms with Crippen LogP contribution in [0.4, 0.5) is 0 Å². The molecule has 0 aromatic rings. The normalized spacial score (nSPS) is 45.3. The summed E-state index contributed by atoms with van der Waals surface area (Å²) in [5.74, 6) is 4.81. The number of allylic oxidation sites excluding steroid dienone is 4. The highest BCUT2D eigenvalue weighted by Crippen LogP contribution is 2.64. The maximum atomic E-state index is 2.43. The van der Waals surface area contributed by atoms with E-state index >= 15 is 0 Å². The molecule has 0 amide bonds. The monoisotopic (exact) mass is 272 g/mol. The third-order valence-corrected chi connectivity index (χ3v) is 6.96. The predicted octanol–water partition coefficient (Wildman–Crippen LogP) is 5.85. The van der Waals surface area contributed by atoms with E-state index in [9.17, 15) is 0 Å². The van der Waals surface area contributed by atoms with Gasteiger partial charge in [0.15, 0.2) is 0 Å². The molecule has 4 aliphatic carbocycles. The van der Waals surface area contributed by atoms with Gasteiger partial charge in [0.2, 0.25) is 0 Å². The minimum absolute atomic E-state index is 0.640. The van der Waals surface area contributed by atoms with E-state index in [0.29, 0.717) is 10.8 Å². The molecule has 0 heteroatoms. The van der Waals surface area contributed by atoms with Crippen LogP contribution in [0.5, 0.6) is 0 Å². The molecule has 20 heavy (non-hydrogen) atoms. The van der Waals surface area contributed by atoms with Crippen molar-refractivity contribution >= 4 is 0 Å². The molecule has 0 spiro atoms. The largest absolute Gasteiger partial charge is 0.0854 e. The van der Waals surface area contributed by atoms with Crippen molar-refractivity contribution in [1.29, 1.82) is 0 Å². The Hall–Kier alpha value is -0.520. The molecule has 0 aliphatic heterocycles. The van der Waals surface area contributed by atoms with E-state index in [1.807, 2.05) is 0 Å². The van der Waals surface area contributed by atoms with E-state index in [4.69, 9.17) is 0 Å². The minimum Gasteiger partial charge on any atom is -0.0854 e. The molecular formula is C20H32. The van der Waals surface area contributed by atoms with Gasteiger partial charge in [0, 0.05) is 0 Å². The number of hydrogen-bond donors (Lipinski definition) is 0. The highest BCUT2D eigenvalue weighted by molar-refractivity contribution is 5.19. The van der Waals surface area contributed by atoms with Crippen LogP contribution in [0, 0.1) is 40.4 Å². The summed E-state index contributed by atoms with van der Waals surface area (Å²) < 4.78 is 0. The van der Waals surface area contributed by atoms with Gasteiger partial charge in [0.25, 0.3) is 0 Å². The van der Waals surface area contributed by atoms with E-state index in [1.54, 1.807) is 5.57 Å². The maximum absolute atomic E-state index is 2.43. The van der Waals surface area contributed by atoms with Gasteiger partial charge in [-0.05, 0) is 66.6 Å². The number of fused-ring (bicyclic) bond motifs is 2. The zero-order valence-corrected chi connectivity index (χ0v) is 14.2. The molecule has 2 saturated carbocycles. The summed E-state index contributed by atoms with van der Waals surface area (Å²) in [6.07, 6.45) is 11.4. The summed E-state index contributed by atoms with van der Waals surface area (Å²) >= 11 is 0. The average molecular weight is 272 g/mol. The predicted molar refractivity (Wildman–Crippen MR) is 87.4 cm³/mol. The third-order valence-electron chi connectivity index (χ3n) is 6.96. The molecule has 0 nitrogen and oxygen atoms in total. The Bertz CT molecular complexity index is 449. The van der Waals surface area contributed by atoms with Crippen molar-refractivity contribution in [2.45, 2.75) is 60.8 Å². The van der Waals surface area contributed by atoms with Crippen LogP contribution in [-0.2, 0) is 0 Å². The Balaban J connectivity index is 0.000000121. The second kappa shape index (κ2) is 4.49. The molecule has 0 aromatic carbocycles. The molecule has 0 N–H and O–H groups in total. The van der Waals surface area contributed by atoms with Gasteiger partial charge in [0.05, 0.1) is 0 Å². The minimum atomic E-state index is 0.640. The Morgan fingerprint density at radius 2 is 1.65 bits per heavy atom. The van der Waals surface area contributed by atoms with Crippen molar-refractivity contribution in [3.8, 4) is 0 Å². The lowest BCUT2D eigenvalue weighted by Crippen LogP contribution is -1.97.